The van der Waals surface area contributed by atoms with E-state index in [9.17, 15) is 4.79 Å². The minimum absolute atomic E-state index is 0.318. The molecule has 15 heavy (non-hydrogen) atoms. The van der Waals surface area contributed by atoms with Crippen molar-refractivity contribution in [2.45, 2.75) is 32.9 Å². The normalized spacial score (nSPS) is 14.7. The van der Waals surface area contributed by atoms with Crippen molar-refractivity contribution in [3.63, 3.8) is 0 Å². The fourth-order valence-electron chi connectivity index (χ4n) is 0.645. The van der Waals surface area contributed by atoms with Crippen LogP contribution in [-0.4, -0.2) is 28.7 Å². The van der Waals surface area contributed by atoms with Crippen molar-refractivity contribution in [1.82, 2.24) is 0 Å². The SMILES string of the molecule is CCOC(SC(=O)OC)=[SH]C(C)C(C)C. The topological polar surface area (TPSA) is 35.5 Å². The van der Waals surface area contributed by atoms with Crippen LogP contribution in [0.3, 0.4) is 0 Å². The highest BCUT2D eigenvalue weighted by atomic mass is 32.2. The van der Waals surface area contributed by atoms with Crippen LogP contribution in [0, 0.1) is 5.92 Å². The van der Waals surface area contributed by atoms with Gasteiger partial charge in [0.2, 0.25) is 0 Å². The molecule has 1 unspecified atom stereocenters. The Morgan fingerprint density at radius 3 is 2.40 bits per heavy atom. The summed E-state index contributed by atoms with van der Waals surface area (Å²) >= 11 is 2.09. The molecule has 0 aromatic rings. The molecular weight excluding hydrogens is 232 g/mol. The van der Waals surface area contributed by atoms with Gasteiger partial charge in [0.05, 0.1) is 13.7 Å². The number of rotatable bonds is 3. The second-order valence-electron chi connectivity index (χ2n) is 3.37. The van der Waals surface area contributed by atoms with Gasteiger partial charge >= 0.3 is 5.30 Å². The Balaban J connectivity index is 4.42. The molecule has 0 aliphatic rings. The van der Waals surface area contributed by atoms with E-state index >= 15 is 0 Å². The average Bonchev–Trinajstić information content (AvgIpc) is 2.17. The van der Waals surface area contributed by atoms with Crippen LogP contribution in [0.4, 0.5) is 4.79 Å². The third kappa shape index (κ3) is 6.98. The first-order valence-electron chi connectivity index (χ1n) is 4.97. The fraction of sp³-hybridized carbons (Fsp3) is 0.800. The van der Waals surface area contributed by atoms with Crippen LogP contribution in [0.5, 0.6) is 0 Å². The van der Waals surface area contributed by atoms with Gasteiger partial charge in [0.15, 0.2) is 0 Å². The smallest absolute Gasteiger partial charge is 0.374 e. The predicted octanol–water partition coefficient (Wildman–Crippen LogP) is 3.12. The molecule has 0 saturated heterocycles. The van der Waals surface area contributed by atoms with E-state index in [1.54, 1.807) is 0 Å². The summed E-state index contributed by atoms with van der Waals surface area (Å²) in [6.07, 6.45) is 0. The highest BCUT2D eigenvalue weighted by molar-refractivity contribution is 8.35. The van der Waals surface area contributed by atoms with Crippen molar-refractivity contribution in [2.75, 3.05) is 13.7 Å². The highest BCUT2D eigenvalue weighted by Crippen LogP contribution is 2.20. The van der Waals surface area contributed by atoms with Gasteiger partial charge in [0.1, 0.15) is 4.38 Å². The Kier molecular flexibility index (Phi) is 8.19. The molecule has 0 radical (unpaired) electrons. The zero-order chi connectivity index (χ0) is 11.8. The molecule has 0 aromatic heterocycles. The summed E-state index contributed by atoms with van der Waals surface area (Å²) in [5.41, 5.74) is 0. The zero-order valence-electron chi connectivity index (χ0n) is 9.94. The molecule has 0 bridgehead atoms. The molecule has 0 saturated carbocycles. The van der Waals surface area contributed by atoms with E-state index in [0.29, 0.717) is 17.8 Å². The van der Waals surface area contributed by atoms with E-state index in [1.165, 1.54) is 7.11 Å². The minimum atomic E-state index is -0.318. The summed E-state index contributed by atoms with van der Waals surface area (Å²) in [7, 11) is 1.38. The van der Waals surface area contributed by atoms with Crippen LogP contribution < -0.4 is 0 Å². The van der Waals surface area contributed by atoms with Crippen LogP contribution in [0.15, 0.2) is 0 Å². The maximum atomic E-state index is 11.1. The molecule has 5 heteroatoms. The first-order chi connectivity index (χ1) is 7.01. The van der Waals surface area contributed by atoms with Gasteiger partial charge in [-0.1, -0.05) is 20.8 Å². The van der Waals surface area contributed by atoms with E-state index in [-0.39, 0.29) is 5.30 Å². The lowest BCUT2D eigenvalue weighted by molar-refractivity contribution is 0.200. The Bertz CT molecular complexity index is 227. The lowest BCUT2D eigenvalue weighted by atomic mass is 10.2. The van der Waals surface area contributed by atoms with Crippen molar-refractivity contribution in [3.05, 3.63) is 0 Å². The summed E-state index contributed by atoms with van der Waals surface area (Å²) in [4.78, 5) is 11.1. The summed E-state index contributed by atoms with van der Waals surface area (Å²) in [6.45, 7) is 8.95. The molecule has 0 aromatic carbocycles. The minimum Gasteiger partial charge on any atom is -0.461 e. The maximum absolute atomic E-state index is 11.1. The van der Waals surface area contributed by atoms with Crippen molar-refractivity contribution < 1.29 is 14.3 Å². The molecule has 90 valence electrons. The Labute approximate surface area is 99.9 Å². The van der Waals surface area contributed by atoms with Gasteiger partial charge in [-0.25, -0.2) is 4.79 Å². The van der Waals surface area contributed by atoms with Gasteiger partial charge in [-0.2, -0.15) is 11.4 Å². The molecule has 0 rings (SSSR count). The number of methoxy groups -OCH3 is 1. The largest absolute Gasteiger partial charge is 0.461 e. The number of thiol groups is 1. The Hall–Kier alpha value is -0.000000000000000111. The van der Waals surface area contributed by atoms with Crippen molar-refractivity contribution >= 4 is 32.8 Å². The third-order valence-electron chi connectivity index (χ3n) is 1.88. The van der Waals surface area contributed by atoms with Crippen LogP contribution in [0.25, 0.3) is 0 Å². The van der Waals surface area contributed by atoms with Gasteiger partial charge in [0.25, 0.3) is 0 Å². The number of carbonyl (C=O) groups is 1. The molecule has 0 N–H and O–H groups in total. The van der Waals surface area contributed by atoms with Crippen molar-refractivity contribution in [1.29, 1.82) is 0 Å². The quantitative estimate of drug-likeness (QED) is 0.475. The third-order valence-corrected chi connectivity index (χ3v) is 4.44. The van der Waals surface area contributed by atoms with Crippen LogP contribution in [0.1, 0.15) is 27.7 Å². The highest BCUT2D eigenvalue weighted by Gasteiger charge is 2.11. The van der Waals surface area contributed by atoms with E-state index in [0.717, 1.165) is 27.5 Å². The molecular formula is C10H20O3S2. The summed E-state index contributed by atoms with van der Waals surface area (Å²) in [5.74, 6) is 0.570. The summed E-state index contributed by atoms with van der Waals surface area (Å²) < 4.78 is 10.7. The van der Waals surface area contributed by atoms with E-state index in [1.807, 2.05) is 6.92 Å². The maximum Gasteiger partial charge on any atom is 0.374 e. The molecule has 0 spiro atoms. The molecule has 1 atom stereocenters. The second-order valence-corrected chi connectivity index (χ2v) is 6.06. The van der Waals surface area contributed by atoms with E-state index < -0.39 is 0 Å². The number of hydrogen-bond acceptors (Lipinski definition) is 4. The first-order valence-corrected chi connectivity index (χ1v) is 6.75. The van der Waals surface area contributed by atoms with Crippen molar-refractivity contribution in [3.8, 4) is 0 Å². The molecule has 0 amide bonds. The lowest BCUT2D eigenvalue weighted by Gasteiger charge is -2.13. The van der Waals surface area contributed by atoms with Gasteiger partial charge in [-0.05, 0) is 18.1 Å². The summed E-state index contributed by atoms with van der Waals surface area (Å²) in [5, 5.41) is 0.158. The first kappa shape index (κ1) is 15.0. The molecule has 0 aliphatic heterocycles. The van der Waals surface area contributed by atoms with Gasteiger partial charge in [-0.3, -0.25) is 0 Å². The summed E-state index contributed by atoms with van der Waals surface area (Å²) in [6, 6.07) is 0. The van der Waals surface area contributed by atoms with E-state index in [4.69, 9.17) is 4.74 Å². The Morgan fingerprint density at radius 1 is 1.40 bits per heavy atom. The van der Waals surface area contributed by atoms with E-state index in [2.05, 4.69) is 25.5 Å². The predicted molar refractivity (Wildman–Crippen MR) is 69.9 cm³/mol. The average molecular weight is 252 g/mol. The van der Waals surface area contributed by atoms with Gasteiger partial charge < -0.3 is 9.47 Å². The molecule has 3 nitrogen and oxygen atoms in total. The van der Waals surface area contributed by atoms with Crippen LogP contribution >= 0.6 is 23.1 Å². The molecule has 0 heterocycles. The number of thioether (sulfide) groups is 1. The van der Waals surface area contributed by atoms with Crippen molar-refractivity contribution in [2.24, 2.45) is 5.92 Å². The van der Waals surface area contributed by atoms with Crippen LogP contribution in [-0.2, 0) is 9.47 Å². The number of carbonyl (C=O) groups excluding carboxylic acids is 1. The second kappa shape index (κ2) is 8.19. The van der Waals surface area contributed by atoms with Gasteiger partial charge in [-0.15, -0.1) is 0 Å². The zero-order valence-corrected chi connectivity index (χ0v) is 11.7. The fourth-order valence-corrected chi connectivity index (χ4v) is 2.82. The number of hydrogen-bond donors (Lipinski definition) is 1. The van der Waals surface area contributed by atoms with Gasteiger partial charge in [0, 0.05) is 11.8 Å². The standard InChI is InChI=1S/C10H20O3S2/c1-6-13-10(15-9(11)12-5)14-8(4)7(2)3/h7-8,14H,6H2,1-5H3. The Morgan fingerprint density at radius 2 is 2.00 bits per heavy atom. The van der Waals surface area contributed by atoms with Crippen LogP contribution in [0.2, 0.25) is 0 Å². The number of ether oxygens (including phenoxy) is 2. The molecule has 0 aliphatic carbocycles. The lowest BCUT2D eigenvalue weighted by Crippen LogP contribution is -2.09. The monoisotopic (exact) mass is 252 g/mol. The molecule has 0 fully saturated rings.